The van der Waals surface area contributed by atoms with Crippen LogP contribution in [0.2, 0.25) is 0 Å². The molecule has 1 fully saturated rings. The standard InChI is InChI=1S/C26H20BrFN2O3/c1-2-18-7-3-4-9-23(18)30-25(32)21(24(31)29-26(30)33)14-17-10-11-19(22(27)15-17)12-16-6-5-8-20(28)13-16/h3-11,13-15H,2,12H2,1H3,(H,29,31,33)/b21-14-. The van der Waals surface area contributed by atoms with Crippen molar-refractivity contribution in [2.24, 2.45) is 0 Å². The lowest BCUT2D eigenvalue weighted by molar-refractivity contribution is -0.122. The van der Waals surface area contributed by atoms with E-state index in [0.29, 0.717) is 24.1 Å². The van der Waals surface area contributed by atoms with Crippen LogP contribution in [-0.4, -0.2) is 17.8 Å². The van der Waals surface area contributed by atoms with Gasteiger partial charge in [0, 0.05) is 4.47 Å². The van der Waals surface area contributed by atoms with Crippen LogP contribution in [0.4, 0.5) is 14.9 Å². The number of hydrogen-bond donors (Lipinski definition) is 1. The maximum atomic E-state index is 13.5. The van der Waals surface area contributed by atoms with Crippen molar-refractivity contribution in [2.45, 2.75) is 19.8 Å². The summed E-state index contributed by atoms with van der Waals surface area (Å²) in [5.74, 6) is -1.71. The summed E-state index contributed by atoms with van der Waals surface area (Å²) in [6.45, 7) is 1.93. The molecule has 7 heteroatoms. The Kier molecular flexibility index (Phi) is 6.51. The Morgan fingerprint density at radius 3 is 2.48 bits per heavy atom. The van der Waals surface area contributed by atoms with Gasteiger partial charge in [-0.3, -0.25) is 14.9 Å². The van der Waals surface area contributed by atoms with Gasteiger partial charge in [0.05, 0.1) is 5.69 Å². The highest BCUT2D eigenvalue weighted by Crippen LogP contribution is 2.27. The van der Waals surface area contributed by atoms with Gasteiger partial charge < -0.3 is 0 Å². The van der Waals surface area contributed by atoms with Gasteiger partial charge in [-0.2, -0.15) is 0 Å². The van der Waals surface area contributed by atoms with Crippen molar-refractivity contribution in [1.29, 1.82) is 0 Å². The van der Waals surface area contributed by atoms with E-state index in [4.69, 9.17) is 0 Å². The van der Waals surface area contributed by atoms with Crippen LogP contribution in [0.25, 0.3) is 6.08 Å². The molecule has 3 aromatic rings. The highest BCUT2D eigenvalue weighted by molar-refractivity contribution is 9.10. The molecule has 0 atom stereocenters. The minimum Gasteiger partial charge on any atom is -0.273 e. The van der Waals surface area contributed by atoms with Crippen LogP contribution in [-0.2, 0) is 22.4 Å². The summed E-state index contributed by atoms with van der Waals surface area (Å²) in [7, 11) is 0. The van der Waals surface area contributed by atoms with Crippen molar-refractivity contribution < 1.29 is 18.8 Å². The van der Waals surface area contributed by atoms with Gasteiger partial charge in [-0.1, -0.05) is 65.3 Å². The highest BCUT2D eigenvalue weighted by Gasteiger charge is 2.37. The molecule has 1 N–H and O–H groups in total. The zero-order chi connectivity index (χ0) is 23.5. The Labute approximate surface area is 199 Å². The zero-order valence-corrected chi connectivity index (χ0v) is 19.4. The molecule has 0 aromatic heterocycles. The number of barbiturate groups is 1. The van der Waals surface area contributed by atoms with E-state index < -0.39 is 17.8 Å². The Hall–Kier alpha value is -3.58. The molecule has 4 amide bonds. The van der Waals surface area contributed by atoms with Gasteiger partial charge in [0.1, 0.15) is 11.4 Å². The lowest BCUT2D eigenvalue weighted by Crippen LogP contribution is -2.54. The van der Waals surface area contributed by atoms with E-state index in [2.05, 4.69) is 21.2 Å². The van der Waals surface area contributed by atoms with Gasteiger partial charge in [0.15, 0.2) is 0 Å². The number of hydrogen-bond acceptors (Lipinski definition) is 3. The number of para-hydroxylation sites is 1. The molecule has 0 aliphatic carbocycles. The monoisotopic (exact) mass is 506 g/mol. The largest absolute Gasteiger partial charge is 0.335 e. The van der Waals surface area contributed by atoms with Gasteiger partial charge >= 0.3 is 6.03 Å². The molecule has 3 aromatic carbocycles. The number of urea groups is 1. The van der Waals surface area contributed by atoms with Crippen LogP contribution in [0.3, 0.4) is 0 Å². The second-order valence-corrected chi connectivity index (χ2v) is 8.45. The van der Waals surface area contributed by atoms with Crippen LogP contribution in [0.15, 0.2) is 76.8 Å². The fourth-order valence-corrected chi connectivity index (χ4v) is 4.27. The van der Waals surface area contributed by atoms with Crippen molar-refractivity contribution >= 4 is 45.5 Å². The maximum Gasteiger partial charge on any atom is 0.335 e. The van der Waals surface area contributed by atoms with Crippen LogP contribution in [0.1, 0.15) is 29.2 Å². The predicted octanol–water partition coefficient (Wildman–Crippen LogP) is 5.41. The first kappa shape index (κ1) is 22.6. The molecule has 4 rings (SSSR count). The molecular weight excluding hydrogens is 487 g/mol. The molecule has 0 unspecified atom stereocenters. The fraction of sp³-hybridized carbons (Fsp3) is 0.115. The Bertz CT molecular complexity index is 1300. The van der Waals surface area contributed by atoms with Gasteiger partial charge in [-0.25, -0.2) is 14.1 Å². The van der Waals surface area contributed by atoms with E-state index in [0.717, 1.165) is 26.1 Å². The molecule has 5 nitrogen and oxygen atoms in total. The van der Waals surface area contributed by atoms with Gasteiger partial charge in [0.25, 0.3) is 11.8 Å². The smallest absolute Gasteiger partial charge is 0.273 e. The average Bonchev–Trinajstić information content (AvgIpc) is 2.78. The van der Waals surface area contributed by atoms with E-state index in [-0.39, 0.29) is 11.4 Å². The molecule has 166 valence electrons. The van der Waals surface area contributed by atoms with Gasteiger partial charge in [0.2, 0.25) is 0 Å². The number of aryl methyl sites for hydroxylation is 1. The predicted molar refractivity (Wildman–Crippen MR) is 128 cm³/mol. The molecule has 33 heavy (non-hydrogen) atoms. The summed E-state index contributed by atoms with van der Waals surface area (Å²) in [5, 5.41) is 2.26. The van der Waals surface area contributed by atoms with E-state index in [9.17, 15) is 18.8 Å². The molecular formula is C26H20BrFN2O3. The van der Waals surface area contributed by atoms with Crippen molar-refractivity contribution in [2.75, 3.05) is 4.90 Å². The zero-order valence-electron chi connectivity index (χ0n) is 17.8. The van der Waals surface area contributed by atoms with Gasteiger partial charge in [-0.05, 0) is 65.4 Å². The third-order valence-corrected chi connectivity index (χ3v) is 6.13. The van der Waals surface area contributed by atoms with Gasteiger partial charge in [-0.15, -0.1) is 0 Å². The number of rotatable bonds is 5. The molecule has 1 heterocycles. The molecule has 1 aliphatic heterocycles. The summed E-state index contributed by atoms with van der Waals surface area (Å²) in [5.41, 5.74) is 3.50. The third kappa shape index (κ3) is 4.78. The van der Waals surface area contributed by atoms with Crippen LogP contribution < -0.4 is 10.2 Å². The number of halogens is 2. The number of nitrogens with zero attached hydrogens (tertiary/aromatic N) is 1. The molecule has 1 aliphatic rings. The first-order valence-electron chi connectivity index (χ1n) is 10.4. The van der Waals surface area contributed by atoms with E-state index >= 15 is 0 Å². The number of anilines is 1. The average molecular weight is 507 g/mol. The maximum absolute atomic E-state index is 13.5. The van der Waals surface area contributed by atoms with Crippen molar-refractivity contribution in [3.63, 3.8) is 0 Å². The number of benzene rings is 3. The second kappa shape index (κ2) is 9.50. The van der Waals surface area contributed by atoms with Crippen molar-refractivity contribution in [1.82, 2.24) is 5.32 Å². The summed E-state index contributed by atoms with van der Waals surface area (Å²) in [4.78, 5) is 39.1. The number of carbonyl (C=O) groups is 3. The quantitative estimate of drug-likeness (QED) is 0.371. The molecule has 0 radical (unpaired) electrons. The first-order chi connectivity index (χ1) is 15.9. The summed E-state index contributed by atoms with van der Waals surface area (Å²) >= 11 is 3.52. The first-order valence-corrected chi connectivity index (χ1v) is 11.2. The van der Waals surface area contributed by atoms with Crippen molar-refractivity contribution in [3.8, 4) is 0 Å². The normalized spacial score (nSPS) is 15.2. The van der Waals surface area contributed by atoms with E-state index in [1.807, 2.05) is 31.2 Å². The van der Waals surface area contributed by atoms with E-state index in [1.54, 1.807) is 30.3 Å². The van der Waals surface area contributed by atoms with E-state index in [1.165, 1.54) is 18.2 Å². The van der Waals surface area contributed by atoms with Crippen LogP contribution in [0, 0.1) is 5.82 Å². The van der Waals surface area contributed by atoms with Crippen molar-refractivity contribution in [3.05, 3.63) is 105 Å². The molecule has 1 saturated heterocycles. The Morgan fingerprint density at radius 1 is 0.970 bits per heavy atom. The summed E-state index contributed by atoms with van der Waals surface area (Å²) in [6, 6.07) is 18.1. The SMILES string of the molecule is CCc1ccccc1N1C(=O)NC(=O)/C(=C/c2ccc(Cc3cccc(F)c3)c(Br)c2)C1=O. The van der Waals surface area contributed by atoms with Crippen LogP contribution >= 0.6 is 15.9 Å². The molecule has 0 saturated carbocycles. The minimum absolute atomic E-state index is 0.134. The topological polar surface area (TPSA) is 66.5 Å². The lowest BCUT2D eigenvalue weighted by Gasteiger charge is -2.28. The fourth-order valence-electron chi connectivity index (χ4n) is 3.73. The summed E-state index contributed by atoms with van der Waals surface area (Å²) < 4.78 is 14.2. The van der Waals surface area contributed by atoms with Crippen LogP contribution in [0.5, 0.6) is 0 Å². The number of nitrogens with one attached hydrogen (secondary N) is 1. The second-order valence-electron chi connectivity index (χ2n) is 7.60. The minimum atomic E-state index is -0.769. The molecule has 0 bridgehead atoms. The third-order valence-electron chi connectivity index (χ3n) is 5.39. The Morgan fingerprint density at radius 2 is 1.76 bits per heavy atom. The molecule has 0 spiro atoms. The Balaban J connectivity index is 1.64. The number of carbonyl (C=O) groups excluding carboxylic acids is 3. The summed E-state index contributed by atoms with van der Waals surface area (Å²) in [6.07, 6.45) is 2.60. The number of amides is 4. The lowest BCUT2D eigenvalue weighted by atomic mass is 10.0. The highest BCUT2D eigenvalue weighted by atomic mass is 79.9. The number of imide groups is 2.